The Morgan fingerprint density at radius 3 is 2.78 bits per heavy atom. The second-order valence-corrected chi connectivity index (χ2v) is 9.09. The van der Waals surface area contributed by atoms with Gasteiger partial charge in [0.1, 0.15) is 0 Å². The van der Waals surface area contributed by atoms with Crippen LogP contribution in [0.15, 0.2) is 61.2 Å². The van der Waals surface area contributed by atoms with Crippen LogP contribution in [0.2, 0.25) is 0 Å². The Labute approximate surface area is 211 Å². The molecule has 0 radical (unpaired) electrons. The maximum absolute atomic E-state index is 11.2. The summed E-state index contributed by atoms with van der Waals surface area (Å²) in [5.41, 5.74) is 4.43. The van der Waals surface area contributed by atoms with E-state index in [0.29, 0.717) is 29.5 Å². The Balaban J connectivity index is 1.40. The topological polar surface area (TPSA) is 94.9 Å². The monoisotopic (exact) mass is 487 g/mol. The molecule has 7 heteroatoms. The minimum Gasteiger partial charge on any atom is -0.481 e. The quantitative estimate of drug-likeness (QED) is 0.368. The van der Waals surface area contributed by atoms with Crippen molar-refractivity contribution in [1.29, 1.82) is 0 Å². The second-order valence-electron chi connectivity index (χ2n) is 9.09. The number of aromatic nitrogens is 1. The van der Waals surface area contributed by atoms with E-state index >= 15 is 0 Å². The van der Waals surface area contributed by atoms with Crippen LogP contribution in [0.25, 0.3) is 23.1 Å². The van der Waals surface area contributed by atoms with Crippen LogP contribution in [0.3, 0.4) is 0 Å². The molecular weight excluding hydrogens is 454 g/mol. The zero-order chi connectivity index (χ0) is 25.5. The van der Waals surface area contributed by atoms with Crippen molar-refractivity contribution < 1.29 is 19.7 Å². The molecule has 4 rings (SSSR count). The fourth-order valence-corrected chi connectivity index (χ4v) is 4.69. The molecule has 0 amide bonds. The summed E-state index contributed by atoms with van der Waals surface area (Å²) in [6.07, 6.45) is 5.81. The van der Waals surface area contributed by atoms with Gasteiger partial charge in [0, 0.05) is 42.2 Å². The summed E-state index contributed by atoms with van der Waals surface area (Å²) in [6.45, 7) is 6.97. The second kappa shape index (κ2) is 11.9. The van der Waals surface area contributed by atoms with Crippen molar-refractivity contribution >= 4 is 29.0 Å². The number of piperidine rings is 1. The number of nitrogens with zero attached hydrogens (tertiary/aromatic N) is 2. The molecule has 0 saturated carbocycles. The molecule has 1 saturated heterocycles. The SMILES string of the molecule is C=Cc1cccc(CNC2CCN(CC(O)c3ccc(/C=C/C(=O)O)c4ccc(OC)nc34)CC2)c1. The molecule has 0 bridgehead atoms. The highest BCUT2D eigenvalue weighted by molar-refractivity contribution is 5.94. The number of benzene rings is 2. The van der Waals surface area contributed by atoms with E-state index in [9.17, 15) is 9.90 Å². The van der Waals surface area contributed by atoms with E-state index in [4.69, 9.17) is 9.84 Å². The first kappa shape index (κ1) is 25.6. The van der Waals surface area contributed by atoms with E-state index in [2.05, 4.69) is 46.0 Å². The third-order valence-electron chi connectivity index (χ3n) is 6.67. The van der Waals surface area contributed by atoms with Gasteiger partial charge in [0.15, 0.2) is 0 Å². The van der Waals surface area contributed by atoms with E-state index in [1.54, 1.807) is 19.3 Å². The molecule has 3 N–H and O–H groups in total. The lowest BCUT2D eigenvalue weighted by molar-refractivity contribution is -0.131. The van der Waals surface area contributed by atoms with E-state index in [0.717, 1.165) is 55.1 Å². The predicted molar refractivity (Wildman–Crippen MR) is 143 cm³/mol. The van der Waals surface area contributed by atoms with Crippen LogP contribution in [-0.4, -0.2) is 58.9 Å². The first-order valence-electron chi connectivity index (χ1n) is 12.2. The number of rotatable bonds is 10. The zero-order valence-electron chi connectivity index (χ0n) is 20.6. The minimum absolute atomic E-state index is 0.442. The summed E-state index contributed by atoms with van der Waals surface area (Å²) in [4.78, 5) is 17.9. The molecule has 1 fully saturated rings. The van der Waals surface area contributed by atoms with Gasteiger partial charge in [0.25, 0.3) is 0 Å². The number of likely N-dealkylation sites (tertiary alicyclic amines) is 1. The van der Waals surface area contributed by atoms with Crippen LogP contribution < -0.4 is 10.1 Å². The Morgan fingerprint density at radius 1 is 1.25 bits per heavy atom. The fraction of sp³-hybridized carbons (Fsp3) is 0.310. The third kappa shape index (κ3) is 6.37. The van der Waals surface area contributed by atoms with Crippen molar-refractivity contribution in [3.8, 4) is 5.88 Å². The number of fused-ring (bicyclic) bond motifs is 1. The molecule has 1 aliphatic heterocycles. The van der Waals surface area contributed by atoms with Crippen LogP contribution in [0.1, 0.15) is 41.2 Å². The van der Waals surface area contributed by atoms with Crippen molar-refractivity contribution in [2.24, 2.45) is 0 Å². The van der Waals surface area contributed by atoms with Gasteiger partial charge >= 0.3 is 5.97 Å². The normalized spacial score (nSPS) is 15.8. The van der Waals surface area contributed by atoms with Crippen LogP contribution in [0, 0.1) is 0 Å². The molecule has 188 valence electrons. The zero-order valence-corrected chi connectivity index (χ0v) is 20.6. The van der Waals surface area contributed by atoms with Gasteiger partial charge in [0.2, 0.25) is 5.88 Å². The number of ether oxygens (including phenoxy) is 1. The molecule has 36 heavy (non-hydrogen) atoms. The van der Waals surface area contributed by atoms with Gasteiger partial charge in [-0.2, -0.15) is 0 Å². The summed E-state index contributed by atoms with van der Waals surface area (Å²) in [6, 6.07) is 16.1. The predicted octanol–water partition coefficient (Wildman–Crippen LogP) is 4.27. The molecule has 1 aromatic heterocycles. The number of carbonyl (C=O) groups is 1. The maximum Gasteiger partial charge on any atom is 0.328 e. The van der Waals surface area contributed by atoms with Crippen molar-refractivity contribution in [2.45, 2.75) is 31.5 Å². The smallest absolute Gasteiger partial charge is 0.328 e. The minimum atomic E-state index is -1.02. The van der Waals surface area contributed by atoms with Crippen molar-refractivity contribution in [2.75, 3.05) is 26.7 Å². The van der Waals surface area contributed by atoms with Gasteiger partial charge in [0.05, 0.1) is 18.7 Å². The van der Waals surface area contributed by atoms with Crippen molar-refractivity contribution in [1.82, 2.24) is 15.2 Å². The van der Waals surface area contributed by atoms with E-state index in [1.807, 2.05) is 24.3 Å². The van der Waals surface area contributed by atoms with Gasteiger partial charge < -0.3 is 25.2 Å². The molecule has 3 aromatic rings. The number of methoxy groups -OCH3 is 1. The standard InChI is InChI=1S/C29H33N3O4/c1-3-20-5-4-6-21(17-20)18-30-23-13-15-32(16-14-23)19-26(33)25-9-7-22(8-12-28(34)35)24-10-11-27(36-2)31-29(24)25/h3-12,17,23,26,30,33H,1,13-16,18-19H2,2H3,(H,34,35)/b12-8+. The first-order chi connectivity index (χ1) is 17.5. The first-order valence-corrected chi connectivity index (χ1v) is 12.2. The molecule has 2 aromatic carbocycles. The van der Waals surface area contributed by atoms with Gasteiger partial charge in [-0.1, -0.05) is 49.1 Å². The molecule has 2 heterocycles. The number of aliphatic carboxylic acids is 1. The van der Waals surface area contributed by atoms with Crippen LogP contribution in [0.4, 0.5) is 0 Å². The number of hydrogen-bond donors (Lipinski definition) is 3. The number of nitrogens with one attached hydrogen (secondary N) is 1. The number of carboxylic acid groups (broad SMARTS) is 1. The summed E-state index contributed by atoms with van der Waals surface area (Å²) in [5, 5.41) is 24.6. The molecule has 1 aliphatic rings. The number of aliphatic hydroxyl groups is 1. The fourth-order valence-electron chi connectivity index (χ4n) is 4.69. The number of β-amino-alcohol motifs (C(OH)–C–C–N with tert-alkyl or cyclic N) is 1. The van der Waals surface area contributed by atoms with E-state index in [-0.39, 0.29) is 0 Å². The number of carboxylic acids is 1. The number of hydrogen-bond acceptors (Lipinski definition) is 6. The van der Waals surface area contributed by atoms with Crippen molar-refractivity contribution in [3.05, 3.63) is 83.4 Å². The van der Waals surface area contributed by atoms with Crippen LogP contribution in [0.5, 0.6) is 5.88 Å². The van der Waals surface area contributed by atoms with Gasteiger partial charge in [-0.3, -0.25) is 0 Å². The largest absolute Gasteiger partial charge is 0.481 e. The summed E-state index contributed by atoms with van der Waals surface area (Å²) in [7, 11) is 1.55. The summed E-state index contributed by atoms with van der Waals surface area (Å²) in [5.74, 6) is -0.572. The molecule has 1 atom stereocenters. The molecule has 1 unspecified atom stereocenters. The molecular formula is C29H33N3O4. The van der Waals surface area contributed by atoms with Gasteiger partial charge in [-0.15, -0.1) is 0 Å². The Morgan fingerprint density at radius 2 is 2.06 bits per heavy atom. The van der Waals surface area contributed by atoms with Gasteiger partial charge in [-0.25, -0.2) is 9.78 Å². The van der Waals surface area contributed by atoms with E-state index < -0.39 is 12.1 Å². The Bertz CT molecular complexity index is 1250. The maximum atomic E-state index is 11.2. The van der Waals surface area contributed by atoms with Gasteiger partial charge in [-0.05, 0) is 54.8 Å². The third-order valence-corrected chi connectivity index (χ3v) is 6.67. The van der Waals surface area contributed by atoms with E-state index in [1.165, 1.54) is 5.56 Å². The average Bonchev–Trinajstić information content (AvgIpc) is 2.90. The van der Waals surface area contributed by atoms with Crippen LogP contribution in [-0.2, 0) is 11.3 Å². The lowest BCUT2D eigenvalue weighted by Gasteiger charge is -2.33. The lowest BCUT2D eigenvalue weighted by Crippen LogP contribution is -2.43. The molecule has 7 nitrogen and oxygen atoms in total. The molecule has 0 aliphatic carbocycles. The Hall–Kier alpha value is -3.52. The summed E-state index contributed by atoms with van der Waals surface area (Å²) < 4.78 is 5.30. The average molecular weight is 488 g/mol. The van der Waals surface area contributed by atoms with Crippen molar-refractivity contribution in [3.63, 3.8) is 0 Å². The highest BCUT2D eigenvalue weighted by Crippen LogP contribution is 2.29. The number of aliphatic hydroxyl groups excluding tert-OH is 1. The Kier molecular flexibility index (Phi) is 8.48. The molecule has 0 spiro atoms. The number of pyridine rings is 1. The summed E-state index contributed by atoms with van der Waals surface area (Å²) >= 11 is 0. The lowest BCUT2D eigenvalue weighted by atomic mass is 9.98. The highest BCUT2D eigenvalue weighted by atomic mass is 16.5. The highest BCUT2D eigenvalue weighted by Gasteiger charge is 2.23. The van der Waals surface area contributed by atoms with Crippen LogP contribution >= 0.6 is 0 Å².